The number of nitrogens with zero attached hydrogens (tertiary/aromatic N) is 1. The quantitative estimate of drug-likeness (QED) is 0.835. The van der Waals surface area contributed by atoms with E-state index in [9.17, 15) is 4.79 Å². The topological polar surface area (TPSA) is 50.8 Å². The molecule has 144 valence electrons. The van der Waals surface area contributed by atoms with Gasteiger partial charge in [0.1, 0.15) is 17.3 Å². The Morgan fingerprint density at radius 2 is 1.78 bits per heavy atom. The zero-order valence-electron chi connectivity index (χ0n) is 16.2. The molecule has 2 heterocycles. The second kappa shape index (κ2) is 7.77. The van der Waals surface area contributed by atoms with Crippen LogP contribution in [0.1, 0.15) is 48.8 Å². The van der Waals surface area contributed by atoms with Gasteiger partial charge in [-0.2, -0.15) is 0 Å². The fraction of sp³-hybridized carbons (Fsp3) is 0.500. The Morgan fingerprint density at radius 3 is 2.37 bits per heavy atom. The molecule has 0 spiro atoms. The highest BCUT2D eigenvalue weighted by Crippen LogP contribution is 2.49. The van der Waals surface area contributed by atoms with Gasteiger partial charge in [-0.1, -0.05) is 6.08 Å². The highest BCUT2D eigenvalue weighted by Gasteiger charge is 2.31. The summed E-state index contributed by atoms with van der Waals surface area (Å²) in [6, 6.07) is 4.37. The van der Waals surface area contributed by atoms with Gasteiger partial charge in [0.05, 0.1) is 20.3 Å². The molecule has 4 rings (SSSR count). The summed E-state index contributed by atoms with van der Waals surface area (Å²) in [5.74, 6) is 2.80. The second-order valence-corrected chi connectivity index (χ2v) is 7.65. The van der Waals surface area contributed by atoms with Crippen LogP contribution in [0.5, 0.6) is 11.5 Å². The maximum atomic E-state index is 11.4. The van der Waals surface area contributed by atoms with Crippen LogP contribution in [0, 0.1) is 0 Å². The largest absolute Gasteiger partial charge is 0.496 e. The molecule has 1 aromatic carbocycles. The van der Waals surface area contributed by atoms with Crippen LogP contribution in [0.15, 0.2) is 36.1 Å². The number of carbonyl (C=O) groups is 1. The van der Waals surface area contributed by atoms with Crippen molar-refractivity contribution < 1.29 is 14.3 Å². The molecular formula is C22H28N2O3. The molecule has 3 aliphatic rings. The first-order chi connectivity index (χ1) is 13.2. The molecule has 1 aromatic rings. The molecule has 0 radical (unpaired) electrons. The lowest BCUT2D eigenvalue weighted by atomic mass is 9.97. The number of benzene rings is 1. The Kier molecular flexibility index (Phi) is 5.21. The van der Waals surface area contributed by atoms with E-state index in [0.717, 1.165) is 36.7 Å². The van der Waals surface area contributed by atoms with Gasteiger partial charge in [-0.3, -0.25) is 9.69 Å². The van der Waals surface area contributed by atoms with Crippen LogP contribution in [0.4, 0.5) is 0 Å². The standard InChI is InChI=1S/C22H28N2O3/c1-26-20-12-17(13-21(27-2)22(20)16-3-4-16)19-11-15(5-8-23-19)14-24-9-6-18(25)7-10-24/h5,8,11-13,16,19,23H,3-4,6-7,9-10,14H2,1-2H3. The first-order valence-corrected chi connectivity index (χ1v) is 9.81. The predicted molar refractivity (Wildman–Crippen MR) is 105 cm³/mol. The molecule has 1 N–H and O–H groups in total. The number of rotatable bonds is 6. The predicted octanol–water partition coefficient (Wildman–Crippen LogP) is 3.33. The van der Waals surface area contributed by atoms with Crippen LogP contribution in [-0.4, -0.2) is 44.5 Å². The number of carbonyl (C=O) groups excluding carboxylic acids is 1. The number of ether oxygens (including phenoxy) is 2. The molecular weight excluding hydrogens is 340 g/mol. The third-order valence-corrected chi connectivity index (χ3v) is 5.68. The Morgan fingerprint density at radius 1 is 1.11 bits per heavy atom. The van der Waals surface area contributed by atoms with Crippen molar-refractivity contribution in [2.75, 3.05) is 33.9 Å². The van der Waals surface area contributed by atoms with Crippen LogP contribution in [-0.2, 0) is 4.79 Å². The average molecular weight is 368 g/mol. The first kappa shape index (κ1) is 18.1. The van der Waals surface area contributed by atoms with Gasteiger partial charge >= 0.3 is 0 Å². The van der Waals surface area contributed by atoms with Crippen molar-refractivity contribution in [3.05, 3.63) is 47.2 Å². The van der Waals surface area contributed by atoms with Crippen molar-refractivity contribution in [3.8, 4) is 11.5 Å². The van der Waals surface area contributed by atoms with E-state index in [4.69, 9.17) is 9.47 Å². The van der Waals surface area contributed by atoms with Crippen molar-refractivity contribution in [1.82, 2.24) is 10.2 Å². The molecule has 5 heteroatoms. The minimum absolute atomic E-state index is 0.0903. The molecule has 1 saturated carbocycles. The lowest BCUT2D eigenvalue weighted by Crippen LogP contribution is -2.35. The van der Waals surface area contributed by atoms with Crippen LogP contribution < -0.4 is 14.8 Å². The summed E-state index contributed by atoms with van der Waals surface area (Å²) in [6.07, 6.45) is 10.2. The van der Waals surface area contributed by atoms with Crippen molar-refractivity contribution in [2.24, 2.45) is 0 Å². The van der Waals surface area contributed by atoms with Gasteiger partial charge in [0.2, 0.25) is 0 Å². The molecule has 0 aromatic heterocycles. The zero-order valence-corrected chi connectivity index (χ0v) is 16.2. The molecule has 5 nitrogen and oxygen atoms in total. The molecule has 0 amide bonds. The smallest absolute Gasteiger partial charge is 0.135 e. The molecule has 1 saturated heterocycles. The highest BCUT2D eigenvalue weighted by molar-refractivity contribution is 5.79. The average Bonchev–Trinajstić information content (AvgIpc) is 3.54. The Balaban J connectivity index is 1.54. The van der Waals surface area contributed by atoms with E-state index in [1.54, 1.807) is 14.2 Å². The number of dihydropyridines is 1. The molecule has 27 heavy (non-hydrogen) atoms. The number of ketones is 1. The minimum atomic E-state index is 0.0903. The third kappa shape index (κ3) is 4.03. The van der Waals surface area contributed by atoms with Crippen molar-refractivity contribution >= 4 is 5.78 Å². The van der Waals surface area contributed by atoms with E-state index in [1.807, 2.05) is 6.20 Å². The number of hydrogen-bond donors (Lipinski definition) is 1. The molecule has 2 fully saturated rings. The maximum Gasteiger partial charge on any atom is 0.135 e. The monoisotopic (exact) mass is 368 g/mol. The van der Waals surface area contributed by atoms with Gasteiger partial charge in [0.15, 0.2) is 0 Å². The first-order valence-electron chi connectivity index (χ1n) is 9.81. The SMILES string of the molecule is COc1cc(C2C=C(CN3CCC(=O)CC3)C=CN2)cc(OC)c1C1CC1. The fourth-order valence-corrected chi connectivity index (χ4v) is 4.01. The normalized spacial score (nSPS) is 23.0. The molecule has 0 bridgehead atoms. The van der Waals surface area contributed by atoms with Crippen molar-refractivity contribution in [1.29, 1.82) is 0 Å². The lowest BCUT2D eigenvalue weighted by Gasteiger charge is -2.28. The Labute approximate surface area is 161 Å². The summed E-state index contributed by atoms with van der Waals surface area (Å²) in [5.41, 5.74) is 3.62. The number of Topliss-reactive ketones (excluding diaryl/α,β-unsaturated/α-hetero) is 1. The van der Waals surface area contributed by atoms with E-state index in [-0.39, 0.29) is 6.04 Å². The van der Waals surface area contributed by atoms with Gasteiger partial charge in [-0.05, 0) is 54.3 Å². The summed E-state index contributed by atoms with van der Waals surface area (Å²) in [4.78, 5) is 13.8. The van der Waals surface area contributed by atoms with Crippen LogP contribution in [0.3, 0.4) is 0 Å². The summed E-state index contributed by atoms with van der Waals surface area (Å²) >= 11 is 0. The van der Waals surface area contributed by atoms with Crippen molar-refractivity contribution in [2.45, 2.75) is 37.6 Å². The molecule has 2 aliphatic heterocycles. The number of hydrogen-bond acceptors (Lipinski definition) is 5. The summed E-state index contributed by atoms with van der Waals surface area (Å²) in [5, 5.41) is 3.44. The molecule has 1 atom stereocenters. The number of methoxy groups -OCH3 is 2. The van der Waals surface area contributed by atoms with E-state index in [1.165, 1.54) is 24.0 Å². The number of piperidine rings is 1. The summed E-state index contributed by atoms with van der Waals surface area (Å²) in [6.45, 7) is 2.61. The van der Waals surface area contributed by atoms with E-state index < -0.39 is 0 Å². The van der Waals surface area contributed by atoms with Gasteiger partial charge in [-0.15, -0.1) is 0 Å². The lowest BCUT2D eigenvalue weighted by molar-refractivity contribution is -0.121. The summed E-state index contributed by atoms with van der Waals surface area (Å²) < 4.78 is 11.4. The van der Waals surface area contributed by atoms with Gasteiger partial charge in [0, 0.05) is 38.0 Å². The molecule has 1 aliphatic carbocycles. The van der Waals surface area contributed by atoms with Crippen LogP contribution in [0.25, 0.3) is 0 Å². The second-order valence-electron chi connectivity index (χ2n) is 7.65. The highest BCUT2D eigenvalue weighted by atomic mass is 16.5. The maximum absolute atomic E-state index is 11.4. The zero-order chi connectivity index (χ0) is 18.8. The Bertz CT molecular complexity index is 745. The van der Waals surface area contributed by atoms with Gasteiger partial charge in [0.25, 0.3) is 0 Å². The van der Waals surface area contributed by atoms with E-state index >= 15 is 0 Å². The third-order valence-electron chi connectivity index (χ3n) is 5.68. The Hall–Kier alpha value is -2.27. The van der Waals surface area contributed by atoms with Gasteiger partial charge in [-0.25, -0.2) is 0 Å². The fourth-order valence-electron chi connectivity index (χ4n) is 4.01. The van der Waals surface area contributed by atoms with Crippen LogP contribution in [0.2, 0.25) is 0 Å². The number of likely N-dealkylation sites (tertiary alicyclic amines) is 1. The minimum Gasteiger partial charge on any atom is -0.496 e. The molecule has 1 unspecified atom stereocenters. The van der Waals surface area contributed by atoms with E-state index in [0.29, 0.717) is 24.5 Å². The van der Waals surface area contributed by atoms with Gasteiger partial charge < -0.3 is 14.8 Å². The van der Waals surface area contributed by atoms with Crippen LogP contribution >= 0.6 is 0 Å². The number of nitrogens with one attached hydrogen (secondary N) is 1. The van der Waals surface area contributed by atoms with Crippen molar-refractivity contribution in [3.63, 3.8) is 0 Å². The summed E-state index contributed by atoms with van der Waals surface area (Å²) in [7, 11) is 3.47. The van der Waals surface area contributed by atoms with E-state index in [2.05, 4.69) is 34.5 Å².